The van der Waals surface area contributed by atoms with Crippen molar-refractivity contribution in [3.63, 3.8) is 0 Å². The molecule has 0 saturated carbocycles. The van der Waals surface area contributed by atoms with Crippen molar-refractivity contribution in [2.75, 3.05) is 14.2 Å². The van der Waals surface area contributed by atoms with Crippen LogP contribution in [0.2, 0.25) is 0 Å². The van der Waals surface area contributed by atoms with E-state index in [2.05, 4.69) is 44.3 Å². The highest BCUT2D eigenvalue weighted by Crippen LogP contribution is 2.20. The molecule has 0 unspecified atom stereocenters. The summed E-state index contributed by atoms with van der Waals surface area (Å²) in [6, 6.07) is 6.42. The van der Waals surface area contributed by atoms with Crippen LogP contribution in [0.25, 0.3) is 0 Å². The largest absolute Gasteiger partial charge is 0.496 e. The lowest BCUT2D eigenvalue weighted by atomic mass is 9.95. The van der Waals surface area contributed by atoms with Crippen LogP contribution in [0.5, 0.6) is 5.75 Å². The highest BCUT2D eigenvalue weighted by Gasteiger charge is 2.14. The maximum absolute atomic E-state index is 5.25. The molecule has 0 atom stereocenters. The minimum Gasteiger partial charge on any atom is -0.496 e. The molecule has 0 heterocycles. The van der Waals surface area contributed by atoms with Gasteiger partial charge in [0.1, 0.15) is 5.75 Å². The Morgan fingerprint density at radius 3 is 2.50 bits per heavy atom. The fourth-order valence-electron chi connectivity index (χ4n) is 1.68. The maximum atomic E-state index is 5.25. The van der Waals surface area contributed by atoms with Crippen molar-refractivity contribution in [3.8, 4) is 5.75 Å². The van der Waals surface area contributed by atoms with Crippen molar-refractivity contribution in [1.82, 2.24) is 5.32 Å². The molecule has 16 heavy (non-hydrogen) atoms. The first-order valence-corrected chi connectivity index (χ1v) is 5.81. The Labute approximate surface area is 99.0 Å². The number of methoxy groups -OCH3 is 1. The molecule has 0 aliphatic heterocycles. The summed E-state index contributed by atoms with van der Waals surface area (Å²) in [5.41, 5.74) is 2.79. The number of hydrogen-bond acceptors (Lipinski definition) is 2. The fourth-order valence-corrected chi connectivity index (χ4v) is 1.68. The van der Waals surface area contributed by atoms with Crippen molar-refractivity contribution >= 4 is 0 Å². The Kier molecular flexibility index (Phi) is 4.36. The molecule has 0 aromatic heterocycles. The highest BCUT2D eigenvalue weighted by molar-refractivity contribution is 5.36. The van der Waals surface area contributed by atoms with Crippen LogP contribution < -0.4 is 10.1 Å². The van der Waals surface area contributed by atoms with Gasteiger partial charge in [-0.2, -0.15) is 0 Å². The molecule has 90 valence electrons. The molecule has 0 fully saturated rings. The minimum absolute atomic E-state index is 0.202. The number of ether oxygens (including phenoxy) is 1. The van der Waals surface area contributed by atoms with Crippen LogP contribution in [0.15, 0.2) is 18.2 Å². The second-order valence-corrected chi connectivity index (χ2v) is 4.94. The smallest absolute Gasteiger partial charge is 0.121 e. The van der Waals surface area contributed by atoms with Gasteiger partial charge in [0.25, 0.3) is 0 Å². The number of hydrogen-bond donors (Lipinski definition) is 1. The van der Waals surface area contributed by atoms with E-state index in [1.165, 1.54) is 11.1 Å². The van der Waals surface area contributed by atoms with E-state index in [1.54, 1.807) is 7.11 Å². The number of rotatable bonds is 5. The van der Waals surface area contributed by atoms with E-state index >= 15 is 0 Å². The molecule has 2 nitrogen and oxygen atoms in total. The van der Waals surface area contributed by atoms with Crippen LogP contribution in [0.3, 0.4) is 0 Å². The molecule has 0 bridgehead atoms. The SMILES string of the molecule is CNC(C)(C)CCc1ccc(OC)c(C)c1. The number of aryl methyl sites for hydroxylation is 2. The molecule has 2 heteroatoms. The summed E-state index contributed by atoms with van der Waals surface area (Å²) in [5, 5.41) is 3.32. The van der Waals surface area contributed by atoms with Gasteiger partial charge in [-0.25, -0.2) is 0 Å². The van der Waals surface area contributed by atoms with Gasteiger partial charge >= 0.3 is 0 Å². The van der Waals surface area contributed by atoms with Crippen LogP contribution in [0, 0.1) is 6.92 Å². The molecule has 0 aliphatic rings. The summed E-state index contributed by atoms with van der Waals surface area (Å²) in [6.07, 6.45) is 2.23. The van der Waals surface area contributed by atoms with Gasteiger partial charge in [0.15, 0.2) is 0 Å². The van der Waals surface area contributed by atoms with Crippen LogP contribution in [0.4, 0.5) is 0 Å². The van der Waals surface area contributed by atoms with E-state index in [0.29, 0.717) is 0 Å². The molecule has 0 radical (unpaired) electrons. The van der Waals surface area contributed by atoms with Gasteiger partial charge in [0.05, 0.1) is 7.11 Å². The Bertz CT molecular complexity index is 345. The Hall–Kier alpha value is -1.02. The van der Waals surface area contributed by atoms with Gasteiger partial charge in [-0.3, -0.25) is 0 Å². The first-order valence-electron chi connectivity index (χ1n) is 5.81. The lowest BCUT2D eigenvalue weighted by Crippen LogP contribution is -2.36. The van der Waals surface area contributed by atoms with E-state index in [0.717, 1.165) is 18.6 Å². The van der Waals surface area contributed by atoms with Gasteiger partial charge in [0.2, 0.25) is 0 Å². The predicted molar refractivity (Wildman–Crippen MR) is 69.2 cm³/mol. The van der Waals surface area contributed by atoms with Crippen LogP contribution >= 0.6 is 0 Å². The molecule has 0 spiro atoms. The van der Waals surface area contributed by atoms with E-state index < -0.39 is 0 Å². The molecule has 1 aromatic carbocycles. The summed E-state index contributed by atoms with van der Waals surface area (Å²) in [7, 11) is 3.73. The van der Waals surface area contributed by atoms with Crippen molar-refractivity contribution in [2.45, 2.75) is 39.2 Å². The highest BCUT2D eigenvalue weighted by atomic mass is 16.5. The first kappa shape index (κ1) is 13.0. The molecule has 0 amide bonds. The van der Waals surface area contributed by atoms with Gasteiger partial charge in [-0.05, 0) is 57.9 Å². The molecule has 0 aliphatic carbocycles. The Morgan fingerprint density at radius 2 is 2.00 bits per heavy atom. The van der Waals surface area contributed by atoms with Crippen LogP contribution in [-0.2, 0) is 6.42 Å². The Morgan fingerprint density at radius 1 is 1.31 bits per heavy atom. The summed E-state index contributed by atoms with van der Waals surface area (Å²) in [4.78, 5) is 0. The zero-order chi connectivity index (χ0) is 12.2. The van der Waals surface area contributed by atoms with Gasteiger partial charge in [-0.15, -0.1) is 0 Å². The quantitative estimate of drug-likeness (QED) is 0.825. The third-order valence-corrected chi connectivity index (χ3v) is 3.17. The molecule has 1 aromatic rings. The zero-order valence-corrected chi connectivity index (χ0v) is 11.1. The van der Waals surface area contributed by atoms with Gasteiger partial charge in [-0.1, -0.05) is 12.1 Å². The minimum atomic E-state index is 0.202. The summed E-state index contributed by atoms with van der Waals surface area (Å²) in [6.45, 7) is 6.54. The summed E-state index contributed by atoms with van der Waals surface area (Å²) >= 11 is 0. The number of nitrogens with one attached hydrogen (secondary N) is 1. The maximum Gasteiger partial charge on any atom is 0.121 e. The lowest BCUT2D eigenvalue weighted by molar-refractivity contribution is 0.393. The fraction of sp³-hybridized carbons (Fsp3) is 0.571. The third kappa shape index (κ3) is 3.53. The van der Waals surface area contributed by atoms with Crippen LogP contribution in [-0.4, -0.2) is 19.7 Å². The molecular formula is C14H23NO. The van der Waals surface area contributed by atoms with Crippen molar-refractivity contribution in [3.05, 3.63) is 29.3 Å². The van der Waals surface area contributed by atoms with Gasteiger partial charge in [0, 0.05) is 5.54 Å². The second kappa shape index (κ2) is 5.35. The average Bonchev–Trinajstić information content (AvgIpc) is 2.27. The van der Waals surface area contributed by atoms with E-state index in [-0.39, 0.29) is 5.54 Å². The molecule has 0 saturated heterocycles. The predicted octanol–water partition coefficient (Wildman–Crippen LogP) is 2.93. The van der Waals surface area contributed by atoms with E-state index in [1.807, 2.05) is 7.05 Å². The van der Waals surface area contributed by atoms with Crippen molar-refractivity contribution in [2.24, 2.45) is 0 Å². The standard InChI is InChI=1S/C14H23NO/c1-11-10-12(6-7-13(11)16-5)8-9-14(2,3)15-4/h6-7,10,15H,8-9H2,1-5H3. The monoisotopic (exact) mass is 221 g/mol. The number of benzene rings is 1. The summed E-state index contributed by atoms with van der Waals surface area (Å²) in [5.74, 6) is 0.969. The Balaban J connectivity index is 2.65. The van der Waals surface area contributed by atoms with Crippen LogP contribution in [0.1, 0.15) is 31.4 Å². The van der Waals surface area contributed by atoms with Gasteiger partial charge < -0.3 is 10.1 Å². The average molecular weight is 221 g/mol. The zero-order valence-electron chi connectivity index (χ0n) is 11.1. The lowest BCUT2D eigenvalue weighted by Gasteiger charge is -2.24. The third-order valence-electron chi connectivity index (χ3n) is 3.17. The first-order chi connectivity index (χ1) is 7.48. The van der Waals surface area contributed by atoms with E-state index in [9.17, 15) is 0 Å². The summed E-state index contributed by atoms with van der Waals surface area (Å²) < 4.78 is 5.25. The van der Waals surface area contributed by atoms with E-state index in [4.69, 9.17) is 4.74 Å². The van der Waals surface area contributed by atoms with Crippen molar-refractivity contribution in [1.29, 1.82) is 0 Å². The topological polar surface area (TPSA) is 21.3 Å². The normalized spacial score (nSPS) is 11.6. The molecule has 1 N–H and O–H groups in total. The molecule has 1 rings (SSSR count). The van der Waals surface area contributed by atoms with Crippen molar-refractivity contribution < 1.29 is 4.74 Å². The molecular weight excluding hydrogens is 198 g/mol. The second-order valence-electron chi connectivity index (χ2n) is 4.94.